The van der Waals surface area contributed by atoms with E-state index in [1.807, 2.05) is 81.4 Å². The van der Waals surface area contributed by atoms with Crippen molar-refractivity contribution in [2.45, 2.75) is 77.7 Å². The zero-order valence-electron chi connectivity index (χ0n) is 24.3. The standard InChI is InChI=1S/C31H38N4O6/c1-30(2,3)40-34-24(17-20-13-9-7-10-14-20)28(38)26(36)22-19-23(33-32-22)27(37)29(39)25(35-41-31(4,5)6)18-21-15-11-8-12-16-21/h7-16,19,24-25,34-35H,17-18H2,1-6H3,(H,32,33). The number of ketones is 4. The van der Waals surface area contributed by atoms with Gasteiger partial charge in [0.1, 0.15) is 23.5 Å². The summed E-state index contributed by atoms with van der Waals surface area (Å²) in [5.74, 6) is -3.40. The molecule has 0 aliphatic carbocycles. The minimum atomic E-state index is -1.00. The Kier molecular flexibility index (Phi) is 10.6. The molecule has 0 spiro atoms. The topological polar surface area (TPSA) is 139 Å². The molecule has 0 aliphatic rings. The molecule has 0 saturated carbocycles. The van der Waals surface area contributed by atoms with Crippen molar-refractivity contribution in [1.29, 1.82) is 0 Å². The van der Waals surface area contributed by atoms with Crippen LogP contribution in [0.15, 0.2) is 66.7 Å². The molecule has 1 heterocycles. The molecule has 3 aromatic rings. The SMILES string of the molecule is CC(C)(C)ONC(Cc1ccccc1)C(=O)C(=O)c1cc(C(=O)C(=O)C(Cc2ccccc2)NOC(C)(C)C)[nH]n1. The molecule has 10 nitrogen and oxygen atoms in total. The number of nitrogens with one attached hydrogen (secondary N) is 3. The second-order valence-corrected chi connectivity index (χ2v) is 11.7. The number of aromatic nitrogens is 2. The highest BCUT2D eigenvalue weighted by Crippen LogP contribution is 2.14. The fraction of sp³-hybridized carbons (Fsp3) is 0.387. The molecule has 2 unspecified atom stereocenters. The third-order valence-corrected chi connectivity index (χ3v) is 5.72. The van der Waals surface area contributed by atoms with E-state index in [-0.39, 0.29) is 24.2 Å². The Bertz CT molecular complexity index is 1240. The molecule has 0 saturated heterocycles. The largest absolute Gasteiger partial charge is 0.295 e. The molecule has 2 aromatic carbocycles. The van der Waals surface area contributed by atoms with Crippen molar-refractivity contribution in [3.8, 4) is 0 Å². The first-order valence-corrected chi connectivity index (χ1v) is 13.4. The van der Waals surface area contributed by atoms with E-state index in [0.29, 0.717) is 0 Å². The highest BCUT2D eigenvalue weighted by Gasteiger charge is 2.33. The lowest BCUT2D eigenvalue weighted by Crippen LogP contribution is -2.45. The van der Waals surface area contributed by atoms with E-state index >= 15 is 0 Å². The summed E-state index contributed by atoms with van der Waals surface area (Å²) in [6.07, 6.45) is 0.386. The minimum absolute atomic E-state index is 0.191. The van der Waals surface area contributed by atoms with Gasteiger partial charge in [0.05, 0.1) is 11.2 Å². The molecule has 0 amide bonds. The number of H-pyrrole nitrogens is 1. The number of carbonyl (C=O) groups is 4. The third-order valence-electron chi connectivity index (χ3n) is 5.72. The van der Waals surface area contributed by atoms with Gasteiger partial charge in [0.2, 0.25) is 17.3 Å². The quantitative estimate of drug-likeness (QED) is 0.152. The first-order chi connectivity index (χ1) is 19.2. The molecule has 1 aromatic heterocycles. The molecule has 3 N–H and O–H groups in total. The average Bonchev–Trinajstić information content (AvgIpc) is 3.42. The number of hydrogen-bond donors (Lipinski definition) is 3. The van der Waals surface area contributed by atoms with Crippen LogP contribution in [0.3, 0.4) is 0 Å². The van der Waals surface area contributed by atoms with Gasteiger partial charge in [0.15, 0.2) is 0 Å². The molecule has 0 aliphatic heterocycles. The van der Waals surface area contributed by atoms with Crippen LogP contribution in [0.4, 0.5) is 0 Å². The maximum absolute atomic E-state index is 13.3. The molecule has 218 valence electrons. The van der Waals surface area contributed by atoms with E-state index in [1.54, 1.807) is 20.8 Å². The van der Waals surface area contributed by atoms with Crippen LogP contribution in [0.25, 0.3) is 0 Å². The van der Waals surface area contributed by atoms with Gasteiger partial charge < -0.3 is 0 Å². The highest BCUT2D eigenvalue weighted by molar-refractivity contribution is 6.47. The number of Topliss-reactive ketones (excluding diaryl/α,β-unsaturated/α-hetero) is 4. The summed E-state index contributed by atoms with van der Waals surface area (Å²) in [6, 6.07) is 17.5. The summed E-state index contributed by atoms with van der Waals surface area (Å²) < 4.78 is 0. The van der Waals surface area contributed by atoms with Crippen molar-refractivity contribution in [2.24, 2.45) is 0 Å². The summed E-state index contributed by atoms with van der Waals surface area (Å²) in [6.45, 7) is 10.8. The zero-order valence-corrected chi connectivity index (χ0v) is 24.3. The fourth-order valence-electron chi connectivity index (χ4n) is 3.70. The molecule has 10 heteroatoms. The van der Waals surface area contributed by atoms with Crippen molar-refractivity contribution in [1.82, 2.24) is 21.2 Å². The predicted molar refractivity (Wildman–Crippen MR) is 153 cm³/mol. The summed E-state index contributed by atoms with van der Waals surface area (Å²) in [4.78, 5) is 64.0. The third kappa shape index (κ3) is 9.94. The summed E-state index contributed by atoms with van der Waals surface area (Å²) in [7, 11) is 0. The zero-order chi connectivity index (χ0) is 30.2. The van der Waals surface area contributed by atoms with Gasteiger partial charge in [0, 0.05) is 0 Å². The highest BCUT2D eigenvalue weighted by atomic mass is 16.7. The van der Waals surface area contributed by atoms with Gasteiger partial charge in [0.25, 0.3) is 5.78 Å². The second kappa shape index (κ2) is 13.7. The van der Waals surface area contributed by atoms with Crippen LogP contribution < -0.4 is 11.0 Å². The van der Waals surface area contributed by atoms with Crippen LogP contribution in [0.1, 0.15) is 73.6 Å². The van der Waals surface area contributed by atoms with E-state index in [2.05, 4.69) is 21.2 Å². The maximum Gasteiger partial charge on any atom is 0.250 e. The molecule has 3 rings (SSSR count). The molecule has 0 fully saturated rings. The van der Waals surface area contributed by atoms with Crippen molar-refractivity contribution in [2.75, 3.05) is 0 Å². The predicted octanol–water partition coefficient (Wildman–Crippen LogP) is 3.78. The van der Waals surface area contributed by atoms with E-state index in [9.17, 15) is 19.2 Å². The Morgan fingerprint density at radius 2 is 1.12 bits per heavy atom. The van der Waals surface area contributed by atoms with Gasteiger partial charge in [-0.1, -0.05) is 60.7 Å². The molecule has 2 atom stereocenters. The normalized spacial score (nSPS) is 13.4. The van der Waals surface area contributed by atoms with Crippen LogP contribution in [0, 0.1) is 0 Å². The second-order valence-electron chi connectivity index (χ2n) is 11.7. The molecule has 0 bridgehead atoms. The number of aromatic amines is 1. The van der Waals surface area contributed by atoms with Crippen molar-refractivity contribution >= 4 is 23.1 Å². The van der Waals surface area contributed by atoms with E-state index in [0.717, 1.165) is 17.2 Å². The monoisotopic (exact) mass is 562 g/mol. The number of rotatable bonds is 14. The van der Waals surface area contributed by atoms with Gasteiger partial charge in [-0.15, -0.1) is 0 Å². The number of nitrogens with zero attached hydrogens (tertiary/aromatic N) is 1. The minimum Gasteiger partial charge on any atom is -0.295 e. The van der Waals surface area contributed by atoms with E-state index in [1.165, 1.54) is 0 Å². The van der Waals surface area contributed by atoms with E-state index in [4.69, 9.17) is 9.68 Å². The number of hydrogen-bond acceptors (Lipinski definition) is 9. The van der Waals surface area contributed by atoms with Crippen molar-refractivity contribution in [3.63, 3.8) is 0 Å². The number of carbonyl (C=O) groups excluding carboxylic acids is 4. The lowest BCUT2D eigenvalue weighted by Gasteiger charge is -2.24. The van der Waals surface area contributed by atoms with Crippen molar-refractivity contribution < 1.29 is 28.9 Å². The van der Waals surface area contributed by atoms with Crippen LogP contribution in [0.5, 0.6) is 0 Å². The number of benzene rings is 2. The summed E-state index contributed by atoms with van der Waals surface area (Å²) in [5, 5.41) is 6.32. The molecular formula is C31H38N4O6. The smallest absolute Gasteiger partial charge is 0.250 e. The molecule has 0 radical (unpaired) electrons. The Balaban J connectivity index is 1.77. The van der Waals surface area contributed by atoms with Crippen LogP contribution in [0.2, 0.25) is 0 Å². The van der Waals surface area contributed by atoms with Gasteiger partial charge in [-0.3, -0.25) is 34.0 Å². The Morgan fingerprint density at radius 3 is 1.54 bits per heavy atom. The lowest BCUT2D eigenvalue weighted by molar-refractivity contribution is -0.129. The average molecular weight is 563 g/mol. The summed E-state index contributed by atoms with van der Waals surface area (Å²) >= 11 is 0. The van der Waals surface area contributed by atoms with Gasteiger partial charge in [-0.25, -0.2) is 0 Å². The Hall–Kier alpha value is -3.83. The van der Waals surface area contributed by atoms with Crippen LogP contribution in [-0.4, -0.2) is 56.6 Å². The molecule has 41 heavy (non-hydrogen) atoms. The fourth-order valence-corrected chi connectivity index (χ4v) is 3.70. The Labute approximate surface area is 240 Å². The lowest BCUT2D eigenvalue weighted by atomic mass is 9.98. The first-order valence-electron chi connectivity index (χ1n) is 13.4. The maximum atomic E-state index is 13.3. The molecular weight excluding hydrogens is 524 g/mol. The first kappa shape index (κ1) is 31.7. The Morgan fingerprint density at radius 1 is 0.707 bits per heavy atom. The van der Waals surface area contributed by atoms with Gasteiger partial charge >= 0.3 is 0 Å². The number of hydroxylamine groups is 2. The summed E-state index contributed by atoms with van der Waals surface area (Å²) in [5.41, 5.74) is 5.36. The van der Waals surface area contributed by atoms with Crippen LogP contribution >= 0.6 is 0 Å². The van der Waals surface area contributed by atoms with Gasteiger partial charge in [-0.2, -0.15) is 16.1 Å². The van der Waals surface area contributed by atoms with Crippen LogP contribution in [-0.2, 0) is 32.1 Å². The van der Waals surface area contributed by atoms with Crippen molar-refractivity contribution in [3.05, 3.63) is 89.2 Å². The van der Waals surface area contributed by atoms with Gasteiger partial charge in [-0.05, 0) is 71.6 Å². The van der Waals surface area contributed by atoms with E-state index < -0.39 is 46.4 Å².